The predicted octanol–water partition coefficient (Wildman–Crippen LogP) is 5.79. The SMILES string of the molecule is CC(=O)C1=C(Cc2ccccc2)Oc2c(c(C)nn2-c2ccccc2)[C@@H]1c1ccccc1. The lowest BCUT2D eigenvalue weighted by atomic mass is 9.80. The van der Waals surface area contributed by atoms with Crippen molar-refractivity contribution < 1.29 is 9.53 Å². The van der Waals surface area contributed by atoms with E-state index in [1.165, 1.54) is 0 Å². The lowest BCUT2D eigenvalue weighted by Gasteiger charge is -2.29. The molecule has 0 saturated carbocycles. The zero-order valence-corrected chi connectivity index (χ0v) is 18.2. The molecular formula is C28H24N2O2. The van der Waals surface area contributed by atoms with E-state index in [2.05, 4.69) is 24.3 Å². The average molecular weight is 421 g/mol. The molecule has 1 aliphatic heterocycles. The Morgan fingerprint density at radius 2 is 1.50 bits per heavy atom. The number of nitrogens with zero attached hydrogens (tertiary/aromatic N) is 2. The van der Waals surface area contributed by atoms with E-state index in [1.807, 2.05) is 78.3 Å². The number of aromatic nitrogens is 2. The van der Waals surface area contributed by atoms with Crippen LogP contribution in [0.4, 0.5) is 0 Å². The van der Waals surface area contributed by atoms with E-state index in [4.69, 9.17) is 9.84 Å². The summed E-state index contributed by atoms with van der Waals surface area (Å²) in [6, 6.07) is 30.2. The zero-order valence-electron chi connectivity index (χ0n) is 18.2. The van der Waals surface area contributed by atoms with Crippen LogP contribution < -0.4 is 4.74 Å². The Labute approximate surface area is 187 Å². The number of ether oxygens (including phenoxy) is 1. The van der Waals surface area contributed by atoms with Crippen molar-refractivity contribution >= 4 is 5.78 Å². The van der Waals surface area contributed by atoms with Crippen LogP contribution in [0.1, 0.15) is 35.2 Å². The number of para-hydroxylation sites is 1. The highest BCUT2D eigenvalue weighted by atomic mass is 16.5. The number of hydrogen-bond donors (Lipinski definition) is 0. The summed E-state index contributed by atoms with van der Waals surface area (Å²) < 4.78 is 8.38. The molecule has 1 atom stereocenters. The number of carbonyl (C=O) groups is 1. The maximum absolute atomic E-state index is 13.0. The highest BCUT2D eigenvalue weighted by Crippen LogP contribution is 2.46. The number of Topliss-reactive ketones (excluding diaryl/α,β-unsaturated/α-hetero) is 1. The van der Waals surface area contributed by atoms with Gasteiger partial charge in [0.2, 0.25) is 5.88 Å². The van der Waals surface area contributed by atoms with Crippen LogP contribution in [-0.4, -0.2) is 15.6 Å². The smallest absolute Gasteiger partial charge is 0.226 e. The van der Waals surface area contributed by atoms with E-state index < -0.39 is 0 Å². The average Bonchev–Trinajstić information content (AvgIpc) is 3.16. The lowest BCUT2D eigenvalue weighted by Crippen LogP contribution is -2.23. The van der Waals surface area contributed by atoms with Gasteiger partial charge in [-0.2, -0.15) is 5.10 Å². The second-order valence-electron chi connectivity index (χ2n) is 8.05. The summed E-state index contributed by atoms with van der Waals surface area (Å²) in [6.45, 7) is 3.61. The molecule has 158 valence electrons. The molecule has 32 heavy (non-hydrogen) atoms. The van der Waals surface area contributed by atoms with E-state index in [9.17, 15) is 4.79 Å². The van der Waals surface area contributed by atoms with Gasteiger partial charge in [0.15, 0.2) is 5.78 Å². The predicted molar refractivity (Wildman–Crippen MR) is 125 cm³/mol. The van der Waals surface area contributed by atoms with Gasteiger partial charge in [0.25, 0.3) is 0 Å². The van der Waals surface area contributed by atoms with Gasteiger partial charge in [-0.3, -0.25) is 4.79 Å². The molecule has 0 saturated heterocycles. The summed E-state index contributed by atoms with van der Waals surface area (Å²) >= 11 is 0. The monoisotopic (exact) mass is 420 g/mol. The van der Waals surface area contributed by atoms with Crippen molar-refractivity contribution in [3.05, 3.63) is 125 Å². The number of fused-ring (bicyclic) bond motifs is 1. The van der Waals surface area contributed by atoms with Crippen molar-refractivity contribution in [1.29, 1.82) is 0 Å². The van der Waals surface area contributed by atoms with Crippen molar-refractivity contribution in [2.24, 2.45) is 0 Å². The van der Waals surface area contributed by atoms with Crippen LogP contribution in [0.5, 0.6) is 5.88 Å². The molecule has 0 fully saturated rings. The first-order valence-corrected chi connectivity index (χ1v) is 10.8. The highest BCUT2D eigenvalue weighted by molar-refractivity contribution is 5.97. The molecule has 4 heteroatoms. The Morgan fingerprint density at radius 3 is 2.12 bits per heavy atom. The van der Waals surface area contributed by atoms with Crippen LogP contribution in [0.2, 0.25) is 0 Å². The Morgan fingerprint density at radius 1 is 0.906 bits per heavy atom. The van der Waals surface area contributed by atoms with Crippen molar-refractivity contribution in [3.63, 3.8) is 0 Å². The summed E-state index contributed by atoms with van der Waals surface area (Å²) in [7, 11) is 0. The van der Waals surface area contributed by atoms with Crippen molar-refractivity contribution in [3.8, 4) is 11.6 Å². The molecule has 0 spiro atoms. The Hall–Kier alpha value is -3.92. The van der Waals surface area contributed by atoms with Crippen LogP contribution in [0.3, 0.4) is 0 Å². The third-order valence-corrected chi connectivity index (χ3v) is 5.88. The van der Waals surface area contributed by atoms with Gasteiger partial charge in [0, 0.05) is 23.5 Å². The quantitative estimate of drug-likeness (QED) is 0.410. The number of benzene rings is 3. The minimum atomic E-state index is -0.228. The molecule has 1 aliphatic rings. The molecular weight excluding hydrogens is 396 g/mol. The number of rotatable bonds is 5. The number of allylic oxidation sites excluding steroid dienone is 2. The van der Waals surface area contributed by atoms with Gasteiger partial charge in [-0.15, -0.1) is 0 Å². The molecule has 5 rings (SSSR count). The third kappa shape index (κ3) is 3.54. The number of ketones is 1. The fraction of sp³-hybridized carbons (Fsp3) is 0.143. The van der Waals surface area contributed by atoms with E-state index in [-0.39, 0.29) is 11.7 Å². The molecule has 1 aromatic heterocycles. The summed E-state index contributed by atoms with van der Waals surface area (Å²) in [5.41, 5.74) is 5.58. The molecule has 4 nitrogen and oxygen atoms in total. The van der Waals surface area contributed by atoms with Crippen molar-refractivity contribution in [1.82, 2.24) is 9.78 Å². The van der Waals surface area contributed by atoms with E-state index in [1.54, 1.807) is 6.92 Å². The third-order valence-electron chi connectivity index (χ3n) is 5.88. The van der Waals surface area contributed by atoms with Crippen LogP contribution in [0.15, 0.2) is 102 Å². The Bertz CT molecular complexity index is 1290. The van der Waals surface area contributed by atoms with Gasteiger partial charge in [-0.05, 0) is 37.1 Å². The molecule has 2 heterocycles. The van der Waals surface area contributed by atoms with E-state index in [0.29, 0.717) is 23.6 Å². The molecule has 0 unspecified atom stereocenters. The normalized spacial score (nSPS) is 15.2. The molecule has 4 aromatic rings. The van der Waals surface area contributed by atoms with Crippen LogP contribution in [-0.2, 0) is 11.2 Å². The Balaban J connectivity index is 1.74. The van der Waals surface area contributed by atoms with Gasteiger partial charge in [-0.1, -0.05) is 78.9 Å². The minimum Gasteiger partial charge on any atom is -0.442 e. The van der Waals surface area contributed by atoms with E-state index >= 15 is 0 Å². The zero-order chi connectivity index (χ0) is 22.1. The summed E-state index contributed by atoms with van der Waals surface area (Å²) in [5, 5.41) is 4.83. The number of carbonyl (C=O) groups excluding carboxylic acids is 1. The van der Waals surface area contributed by atoms with Gasteiger partial charge in [0.05, 0.1) is 11.4 Å². The standard InChI is InChI=1S/C28H24N2O2/c1-19-25-27(22-14-8-4-9-15-22)26(20(2)31)24(18-21-12-6-3-7-13-21)32-28(25)30(29-19)23-16-10-5-11-17-23/h3-17,27H,18H2,1-2H3/t27-/m0/s1. The fourth-order valence-electron chi connectivity index (χ4n) is 4.46. The first-order chi connectivity index (χ1) is 15.6. The van der Waals surface area contributed by atoms with Crippen molar-refractivity contribution in [2.75, 3.05) is 0 Å². The summed E-state index contributed by atoms with van der Waals surface area (Å²) in [4.78, 5) is 13.0. The van der Waals surface area contributed by atoms with Gasteiger partial charge >= 0.3 is 0 Å². The topological polar surface area (TPSA) is 44.1 Å². The molecule has 0 bridgehead atoms. The Kier molecular flexibility index (Phi) is 5.20. The van der Waals surface area contributed by atoms with Gasteiger partial charge < -0.3 is 4.74 Å². The number of aryl methyl sites for hydroxylation is 1. The van der Waals surface area contributed by atoms with Crippen LogP contribution >= 0.6 is 0 Å². The fourth-order valence-corrected chi connectivity index (χ4v) is 4.46. The van der Waals surface area contributed by atoms with Crippen molar-refractivity contribution in [2.45, 2.75) is 26.2 Å². The molecule has 0 N–H and O–H groups in total. The molecule has 0 radical (unpaired) electrons. The van der Waals surface area contributed by atoms with Crippen LogP contribution in [0.25, 0.3) is 5.69 Å². The first-order valence-electron chi connectivity index (χ1n) is 10.8. The minimum absolute atomic E-state index is 0.0160. The molecule has 0 amide bonds. The second kappa shape index (κ2) is 8.31. The van der Waals surface area contributed by atoms with Crippen LogP contribution in [0, 0.1) is 6.92 Å². The number of hydrogen-bond acceptors (Lipinski definition) is 3. The summed E-state index contributed by atoms with van der Waals surface area (Å²) in [6.07, 6.45) is 0.539. The largest absolute Gasteiger partial charge is 0.442 e. The maximum atomic E-state index is 13.0. The molecule has 0 aliphatic carbocycles. The first kappa shape index (κ1) is 20.0. The van der Waals surface area contributed by atoms with Gasteiger partial charge in [-0.25, -0.2) is 4.68 Å². The lowest BCUT2D eigenvalue weighted by molar-refractivity contribution is -0.114. The second-order valence-corrected chi connectivity index (χ2v) is 8.05. The maximum Gasteiger partial charge on any atom is 0.226 e. The van der Waals surface area contributed by atoms with E-state index in [0.717, 1.165) is 28.1 Å². The highest BCUT2D eigenvalue weighted by Gasteiger charge is 2.38. The summed E-state index contributed by atoms with van der Waals surface area (Å²) in [5.74, 6) is 1.15. The molecule has 3 aromatic carbocycles. The van der Waals surface area contributed by atoms with Gasteiger partial charge in [0.1, 0.15) is 5.76 Å².